The lowest BCUT2D eigenvalue weighted by atomic mass is 10.3. The molecule has 0 aliphatic rings. The van der Waals surface area contributed by atoms with Gasteiger partial charge in [0.05, 0.1) is 6.54 Å². The summed E-state index contributed by atoms with van der Waals surface area (Å²) in [5.41, 5.74) is 0.298. The first-order valence-electron chi connectivity index (χ1n) is 8.87. The first kappa shape index (κ1) is 17.5. The maximum Gasteiger partial charge on any atom is 0.291 e. The first-order valence-corrected chi connectivity index (χ1v) is 9.75. The van der Waals surface area contributed by atoms with E-state index in [1.165, 1.54) is 4.68 Å². The predicted molar refractivity (Wildman–Crippen MR) is 104 cm³/mol. The highest BCUT2D eigenvalue weighted by Gasteiger charge is 2.16. The molecule has 4 aromatic heterocycles. The lowest BCUT2D eigenvalue weighted by Gasteiger charge is -2.10. The van der Waals surface area contributed by atoms with Gasteiger partial charge in [-0.2, -0.15) is 5.10 Å². The number of carbonyl (C=O) groups excluding carboxylic acids is 1. The standard InChI is InChI=1S/C19H20N4O3S/c1-3-4-16-21-22(11-17(24)20-10-14-6-5-12(2)26-14)18(25)15-9-13-7-8-27-19(13)23(15)16/h5-9H,3-4,10-11H2,1-2H3,(H,20,24). The van der Waals surface area contributed by atoms with Gasteiger partial charge in [0.25, 0.3) is 5.56 Å². The number of fused-ring (bicyclic) bond motifs is 3. The van der Waals surface area contributed by atoms with Crippen molar-refractivity contribution in [2.45, 2.75) is 39.8 Å². The van der Waals surface area contributed by atoms with Crippen molar-refractivity contribution in [1.82, 2.24) is 19.5 Å². The fraction of sp³-hybridized carbons (Fsp3) is 0.316. The minimum absolute atomic E-state index is 0.120. The third-order valence-corrected chi connectivity index (χ3v) is 5.29. The van der Waals surface area contributed by atoms with Crippen LogP contribution >= 0.6 is 11.3 Å². The van der Waals surface area contributed by atoms with Crippen LogP contribution in [0.4, 0.5) is 0 Å². The van der Waals surface area contributed by atoms with E-state index >= 15 is 0 Å². The number of thiophene rings is 1. The van der Waals surface area contributed by atoms with Crippen LogP contribution in [0.2, 0.25) is 0 Å². The predicted octanol–water partition coefficient (Wildman–Crippen LogP) is 2.88. The number of furan rings is 1. The number of rotatable bonds is 6. The number of nitrogens with zero attached hydrogens (tertiary/aromatic N) is 3. The highest BCUT2D eigenvalue weighted by molar-refractivity contribution is 7.16. The van der Waals surface area contributed by atoms with E-state index in [4.69, 9.17) is 4.42 Å². The number of amides is 1. The normalized spacial score (nSPS) is 11.5. The van der Waals surface area contributed by atoms with Gasteiger partial charge in [-0.1, -0.05) is 6.92 Å². The van der Waals surface area contributed by atoms with Crippen LogP contribution in [0, 0.1) is 6.92 Å². The first-order chi connectivity index (χ1) is 13.1. The monoisotopic (exact) mass is 384 g/mol. The van der Waals surface area contributed by atoms with Crippen LogP contribution in [-0.4, -0.2) is 20.1 Å². The summed E-state index contributed by atoms with van der Waals surface area (Å²) in [7, 11) is 0. The SMILES string of the molecule is CCCc1nn(CC(=O)NCc2ccc(C)o2)c(=O)c2cc3ccsc3n12. The number of aryl methyl sites for hydroxylation is 2. The second-order valence-electron chi connectivity index (χ2n) is 6.46. The Morgan fingerprint density at radius 3 is 2.93 bits per heavy atom. The molecule has 0 spiro atoms. The van der Waals surface area contributed by atoms with Gasteiger partial charge in [0.2, 0.25) is 5.91 Å². The van der Waals surface area contributed by atoms with E-state index in [-0.39, 0.29) is 24.6 Å². The summed E-state index contributed by atoms with van der Waals surface area (Å²) in [6.07, 6.45) is 1.63. The van der Waals surface area contributed by atoms with Gasteiger partial charge in [-0.05, 0) is 43.0 Å². The van der Waals surface area contributed by atoms with Crippen molar-refractivity contribution in [2.75, 3.05) is 0 Å². The van der Waals surface area contributed by atoms with Crippen molar-refractivity contribution in [3.63, 3.8) is 0 Å². The van der Waals surface area contributed by atoms with Crippen LogP contribution in [0.5, 0.6) is 0 Å². The van der Waals surface area contributed by atoms with Crippen LogP contribution in [0.15, 0.2) is 38.9 Å². The minimum Gasteiger partial charge on any atom is -0.465 e. The van der Waals surface area contributed by atoms with Gasteiger partial charge >= 0.3 is 0 Å². The molecule has 27 heavy (non-hydrogen) atoms. The largest absolute Gasteiger partial charge is 0.465 e. The van der Waals surface area contributed by atoms with E-state index in [1.807, 2.05) is 41.0 Å². The second-order valence-corrected chi connectivity index (χ2v) is 7.36. The molecule has 0 radical (unpaired) electrons. The van der Waals surface area contributed by atoms with Gasteiger partial charge in [-0.3, -0.25) is 14.0 Å². The van der Waals surface area contributed by atoms with Gasteiger partial charge in [0, 0.05) is 11.8 Å². The Labute approximate surface area is 159 Å². The van der Waals surface area contributed by atoms with E-state index in [0.717, 1.165) is 34.6 Å². The van der Waals surface area contributed by atoms with E-state index in [9.17, 15) is 9.59 Å². The molecule has 0 aromatic carbocycles. The molecule has 0 aliphatic carbocycles. The average molecular weight is 384 g/mol. The summed E-state index contributed by atoms with van der Waals surface area (Å²) >= 11 is 1.58. The zero-order chi connectivity index (χ0) is 19.0. The molecule has 4 aromatic rings. The Hall–Kier alpha value is -2.87. The van der Waals surface area contributed by atoms with Crippen molar-refractivity contribution in [3.05, 3.63) is 57.3 Å². The Bertz CT molecular complexity index is 1180. The maximum absolute atomic E-state index is 12.9. The zero-order valence-electron chi connectivity index (χ0n) is 15.2. The van der Waals surface area contributed by atoms with Crippen molar-refractivity contribution >= 4 is 33.0 Å². The summed E-state index contributed by atoms with van der Waals surface area (Å²) in [6, 6.07) is 7.52. The molecule has 4 rings (SSSR count). The van der Waals surface area contributed by atoms with E-state index in [0.29, 0.717) is 11.3 Å². The van der Waals surface area contributed by atoms with Crippen molar-refractivity contribution < 1.29 is 9.21 Å². The maximum atomic E-state index is 12.9. The van der Waals surface area contributed by atoms with E-state index < -0.39 is 0 Å². The van der Waals surface area contributed by atoms with Gasteiger partial charge in [0.1, 0.15) is 34.2 Å². The number of hydrogen-bond acceptors (Lipinski definition) is 5. The van der Waals surface area contributed by atoms with E-state index in [2.05, 4.69) is 17.3 Å². The molecule has 0 saturated heterocycles. The van der Waals surface area contributed by atoms with Gasteiger partial charge in [-0.15, -0.1) is 11.3 Å². The number of hydrogen-bond donors (Lipinski definition) is 1. The summed E-state index contributed by atoms with van der Waals surface area (Å²) in [6.45, 7) is 4.08. The van der Waals surface area contributed by atoms with Crippen LogP contribution in [0.25, 0.3) is 15.7 Å². The van der Waals surface area contributed by atoms with Crippen LogP contribution in [0.3, 0.4) is 0 Å². The smallest absolute Gasteiger partial charge is 0.291 e. The molecule has 0 saturated carbocycles. The van der Waals surface area contributed by atoms with Gasteiger partial charge < -0.3 is 9.73 Å². The molecule has 0 aliphatic heterocycles. The molecular weight excluding hydrogens is 364 g/mol. The van der Waals surface area contributed by atoms with Crippen molar-refractivity contribution in [3.8, 4) is 0 Å². The zero-order valence-corrected chi connectivity index (χ0v) is 16.0. The van der Waals surface area contributed by atoms with Crippen LogP contribution in [-0.2, 0) is 24.3 Å². The number of nitrogens with one attached hydrogen (secondary N) is 1. The van der Waals surface area contributed by atoms with Crippen LogP contribution in [0.1, 0.15) is 30.7 Å². The summed E-state index contributed by atoms with van der Waals surface area (Å²) < 4.78 is 8.62. The fourth-order valence-electron chi connectivity index (χ4n) is 3.15. The molecule has 4 heterocycles. The molecule has 0 unspecified atom stereocenters. The van der Waals surface area contributed by atoms with Crippen molar-refractivity contribution in [1.29, 1.82) is 0 Å². The molecular formula is C19H20N4O3S. The quantitative estimate of drug-likeness (QED) is 0.554. The van der Waals surface area contributed by atoms with E-state index in [1.54, 1.807) is 11.3 Å². The Morgan fingerprint density at radius 2 is 2.19 bits per heavy atom. The number of carbonyl (C=O) groups is 1. The summed E-state index contributed by atoms with van der Waals surface area (Å²) in [5.74, 6) is 1.98. The Morgan fingerprint density at radius 1 is 1.33 bits per heavy atom. The number of aromatic nitrogens is 3. The molecule has 1 amide bonds. The summed E-state index contributed by atoms with van der Waals surface area (Å²) in [5, 5.41) is 10.3. The molecule has 0 atom stereocenters. The average Bonchev–Trinajstić information content (AvgIpc) is 3.33. The molecule has 0 fully saturated rings. The minimum atomic E-state index is -0.279. The highest BCUT2D eigenvalue weighted by atomic mass is 32.1. The van der Waals surface area contributed by atoms with Crippen LogP contribution < -0.4 is 10.9 Å². The Kier molecular flexibility index (Phi) is 4.57. The summed E-state index contributed by atoms with van der Waals surface area (Å²) in [4.78, 5) is 26.2. The van der Waals surface area contributed by atoms with Gasteiger partial charge in [-0.25, -0.2) is 4.68 Å². The lowest BCUT2D eigenvalue weighted by Crippen LogP contribution is -2.35. The van der Waals surface area contributed by atoms with Crippen molar-refractivity contribution in [2.24, 2.45) is 0 Å². The third-order valence-electron chi connectivity index (χ3n) is 4.38. The lowest BCUT2D eigenvalue weighted by molar-refractivity contribution is -0.122. The molecule has 0 bridgehead atoms. The highest BCUT2D eigenvalue weighted by Crippen LogP contribution is 2.25. The molecule has 1 N–H and O–H groups in total. The fourth-order valence-corrected chi connectivity index (χ4v) is 4.07. The molecule has 7 nitrogen and oxygen atoms in total. The topological polar surface area (TPSA) is 81.5 Å². The Balaban J connectivity index is 1.63. The second kappa shape index (κ2) is 7.03. The third kappa shape index (κ3) is 3.28. The molecule has 8 heteroatoms. The molecule has 140 valence electrons. The van der Waals surface area contributed by atoms with Gasteiger partial charge in [0.15, 0.2) is 0 Å².